The molecule has 1 atom stereocenters. The van der Waals surface area contributed by atoms with E-state index < -0.39 is 30.4 Å². The Morgan fingerprint density at radius 3 is 2.78 bits per heavy atom. The molecule has 0 saturated carbocycles. The summed E-state index contributed by atoms with van der Waals surface area (Å²) >= 11 is 9.18. The van der Waals surface area contributed by atoms with E-state index >= 15 is 0 Å². The molecular weight excluding hydrogens is 388 g/mol. The number of rotatable bonds is 4. The quantitative estimate of drug-likeness (QED) is 0.780. The van der Waals surface area contributed by atoms with E-state index in [0.29, 0.717) is 17.4 Å². The lowest BCUT2D eigenvalue weighted by molar-refractivity contribution is -0.143. The molecule has 23 heavy (non-hydrogen) atoms. The molecule has 124 valence electrons. The Morgan fingerprint density at radius 1 is 1.35 bits per heavy atom. The number of likely N-dealkylation sites (tertiary alicyclic amines) is 1. The first-order valence-corrected chi connectivity index (χ1v) is 8.28. The van der Waals surface area contributed by atoms with Crippen LogP contribution in [-0.2, 0) is 14.3 Å². The van der Waals surface area contributed by atoms with Crippen molar-refractivity contribution in [1.82, 2.24) is 4.90 Å². The maximum atomic E-state index is 12.2. The van der Waals surface area contributed by atoms with Gasteiger partial charge in [-0.3, -0.25) is 9.59 Å². The van der Waals surface area contributed by atoms with E-state index in [1.54, 1.807) is 12.1 Å². The highest BCUT2D eigenvalue weighted by Gasteiger charge is 2.31. The molecule has 0 spiro atoms. The van der Waals surface area contributed by atoms with Gasteiger partial charge in [0.25, 0.3) is 5.91 Å². The zero-order valence-corrected chi connectivity index (χ0v) is 14.6. The van der Waals surface area contributed by atoms with Crippen molar-refractivity contribution in [3.8, 4) is 0 Å². The summed E-state index contributed by atoms with van der Waals surface area (Å²) in [5.74, 6) is -1.68. The van der Waals surface area contributed by atoms with Crippen LogP contribution < -0.4 is 5.73 Å². The summed E-state index contributed by atoms with van der Waals surface area (Å²) in [4.78, 5) is 37.0. The third kappa shape index (κ3) is 4.45. The zero-order chi connectivity index (χ0) is 17.0. The molecule has 8 heteroatoms. The number of halogens is 2. The van der Waals surface area contributed by atoms with Crippen molar-refractivity contribution >= 4 is 45.3 Å². The van der Waals surface area contributed by atoms with Gasteiger partial charge in [-0.2, -0.15) is 0 Å². The number of amides is 2. The normalized spacial score (nSPS) is 17.7. The second-order valence-electron chi connectivity index (χ2n) is 5.20. The number of hydrogen-bond donors (Lipinski definition) is 1. The number of carbonyl (C=O) groups is 3. The van der Waals surface area contributed by atoms with Crippen molar-refractivity contribution in [3.63, 3.8) is 0 Å². The van der Waals surface area contributed by atoms with Gasteiger partial charge in [0.15, 0.2) is 6.61 Å². The van der Waals surface area contributed by atoms with Crippen molar-refractivity contribution in [1.29, 1.82) is 0 Å². The smallest absolute Gasteiger partial charge is 0.340 e. The molecule has 0 aliphatic carbocycles. The standard InChI is InChI=1S/C15H16BrClN2O4/c16-9-4-5-11(17)10(7-9)15(22)23-8-13(20)19-6-2-1-3-12(19)14(18)21/h4-5,7,12H,1-3,6,8H2,(H2,18,21)/t12-/m0/s1. The molecule has 0 unspecified atom stereocenters. The molecule has 1 heterocycles. The number of primary amides is 1. The van der Waals surface area contributed by atoms with Crippen LogP contribution in [0.5, 0.6) is 0 Å². The Hall–Kier alpha value is -1.60. The minimum atomic E-state index is -0.697. The maximum Gasteiger partial charge on any atom is 0.340 e. The molecule has 2 amide bonds. The molecule has 6 nitrogen and oxygen atoms in total. The Labute approximate surface area is 147 Å². The van der Waals surface area contributed by atoms with Gasteiger partial charge in [0.05, 0.1) is 10.6 Å². The monoisotopic (exact) mass is 402 g/mol. The third-order valence-corrected chi connectivity index (χ3v) is 4.45. The number of hydrogen-bond acceptors (Lipinski definition) is 4. The largest absolute Gasteiger partial charge is 0.452 e. The van der Waals surface area contributed by atoms with E-state index in [9.17, 15) is 14.4 Å². The van der Waals surface area contributed by atoms with Gasteiger partial charge in [-0.25, -0.2) is 4.79 Å². The van der Waals surface area contributed by atoms with Gasteiger partial charge in [-0.05, 0) is 37.5 Å². The summed E-state index contributed by atoms with van der Waals surface area (Å²) in [7, 11) is 0. The first-order valence-electron chi connectivity index (χ1n) is 7.11. The van der Waals surface area contributed by atoms with Gasteiger partial charge in [-0.15, -0.1) is 0 Å². The second kappa shape index (κ2) is 7.79. The summed E-state index contributed by atoms with van der Waals surface area (Å²) in [5, 5.41) is 0.235. The van der Waals surface area contributed by atoms with Gasteiger partial charge >= 0.3 is 5.97 Å². The maximum absolute atomic E-state index is 12.2. The summed E-state index contributed by atoms with van der Waals surface area (Å²) in [6, 6.07) is 4.12. The molecule has 1 fully saturated rings. The minimum absolute atomic E-state index is 0.166. The highest BCUT2D eigenvalue weighted by molar-refractivity contribution is 9.10. The van der Waals surface area contributed by atoms with Crippen LogP contribution in [0.4, 0.5) is 0 Å². The van der Waals surface area contributed by atoms with E-state index in [-0.39, 0.29) is 10.6 Å². The lowest BCUT2D eigenvalue weighted by Crippen LogP contribution is -2.51. The molecule has 2 rings (SSSR count). The molecule has 0 aromatic heterocycles. The molecule has 1 aromatic rings. The van der Waals surface area contributed by atoms with Crippen LogP contribution in [0.2, 0.25) is 5.02 Å². The average molecular weight is 404 g/mol. The van der Waals surface area contributed by atoms with Crippen molar-refractivity contribution in [3.05, 3.63) is 33.3 Å². The first kappa shape index (κ1) is 17.7. The summed E-state index contributed by atoms with van der Waals surface area (Å²) in [6.07, 6.45) is 2.16. The Morgan fingerprint density at radius 2 is 2.09 bits per heavy atom. The van der Waals surface area contributed by atoms with E-state index in [0.717, 1.165) is 12.8 Å². The molecule has 1 aliphatic rings. The second-order valence-corrected chi connectivity index (χ2v) is 6.52. The van der Waals surface area contributed by atoms with Crippen molar-refractivity contribution < 1.29 is 19.1 Å². The zero-order valence-electron chi connectivity index (χ0n) is 12.3. The fraction of sp³-hybridized carbons (Fsp3) is 0.400. The fourth-order valence-electron chi connectivity index (χ4n) is 2.47. The average Bonchev–Trinajstić information content (AvgIpc) is 2.54. The van der Waals surface area contributed by atoms with Gasteiger partial charge in [0.1, 0.15) is 6.04 Å². The van der Waals surface area contributed by atoms with Crippen LogP contribution in [0.15, 0.2) is 22.7 Å². The molecule has 1 aliphatic heterocycles. The van der Waals surface area contributed by atoms with Crippen LogP contribution in [0.1, 0.15) is 29.6 Å². The Balaban J connectivity index is 1.99. The van der Waals surface area contributed by atoms with Crippen molar-refractivity contribution in [2.45, 2.75) is 25.3 Å². The van der Waals surface area contributed by atoms with Gasteiger partial charge < -0.3 is 15.4 Å². The number of nitrogens with zero attached hydrogens (tertiary/aromatic N) is 1. The first-order chi connectivity index (χ1) is 10.9. The van der Waals surface area contributed by atoms with E-state index in [2.05, 4.69) is 15.9 Å². The Bertz CT molecular complexity index is 638. The SMILES string of the molecule is NC(=O)[C@@H]1CCCCN1C(=O)COC(=O)c1cc(Br)ccc1Cl. The number of nitrogens with two attached hydrogens (primary N) is 1. The van der Waals surface area contributed by atoms with E-state index in [1.165, 1.54) is 11.0 Å². The van der Waals surface area contributed by atoms with Crippen LogP contribution >= 0.6 is 27.5 Å². The number of ether oxygens (including phenoxy) is 1. The van der Waals surface area contributed by atoms with Crippen LogP contribution in [0.3, 0.4) is 0 Å². The van der Waals surface area contributed by atoms with Gasteiger partial charge in [0, 0.05) is 11.0 Å². The fourth-order valence-corrected chi connectivity index (χ4v) is 3.02. The lowest BCUT2D eigenvalue weighted by Gasteiger charge is -2.33. The van der Waals surface area contributed by atoms with E-state index in [4.69, 9.17) is 22.1 Å². The van der Waals surface area contributed by atoms with E-state index in [1.807, 2.05) is 0 Å². The highest BCUT2D eigenvalue weighted by atomic mass is 79.9. The summed E-state index contributed by atoms with van der Waals surface area (Å²) in [5.41, 5.74) is 5.48. The summed E-state index contributed by atoms with van der Waals surface area (Å²) < 4.78 is 5.69. The van der Waals surface area contributed by atoms with Crippen molar-refractivity contribution in [2.24, 2.45) is 5.73 Å². The summed E-state index contributed by atoms with van der Waals surface area (Å²) in [6.45, 7) is -0.0207. The van der Waals surface area contributed by atoms with Gasteiger partial charge in [0.2, 0.25) is 5.91 Å². The van der Waals surface area contributed by atoms with Gasteiger partial charge in [-0.1, -0.05) is 27.5 Å². The van der Waals surface area contributed by atoms with Crippen molar-refractivity contribution in [2.75, 3.05) is 13.2 Å². The predicted molar refractivity (Wildman–Crippen MR) is 88.0 cm³/mol. The van der Waals surface area contributed by atoms with Crippen LogP contribution in [-0.4, -0.2) is 41.9 Å². The molecule has 0 bridgehead atoms. The molecular formula is C15H16BrClN2O4. The van der Waals surface area contributed by atoms with Crippen LogP contribution in [0.25, 0.3) is 0 Å². The number of benzene rings is 1. The third-order valence-electron chi connectivity index (χ3n) is 3.63. The molecule has 1 aromatic carbocycles. The predicted octanol–water partition coefficient (Wildman–Crippen LogP) is 2.13. The number of carbonyl (C=O) groups excluding carboxylic acids is 3. The Kier molecular flexibility index (Phi) is 6.01. The molecule has 0 radical (unpaired) electrons. The topological polar surface area (TPSA) is 89.7 Å². The molecule has 1 saturated heterocycles. The van der Waals surface area contributed by atoms with Crippen LogP contribution in [0, 0.1) is 0 Å². The lowest BCUT2D eigenvalue weighted by atomic mass is 10.0. The minimum Gasteiger partial charge on any atom is -0.452 e. The number of piperidine rings is 1. The number of esters is 1. The molecule has 2 N–H and O–H groups in total. The highest BCUT2D eigenvalue weighted by Crippen LogP contribution is 2.22.